The molecule has 6 heteroatoms. The molecular weight excluding hydrogens is 198 g/mol. The number of carboxylic acid groups (broad SMARTS) is 1. The summed E-state index contributed by atoms with van der Waals surface area (Å²) >= 11 is 0. The van der Waals surface area contributed by atoms with Gasteiger partial charge in [0.1, 0.15) is 5.54 Å². The zero-order valence-corrected chi connectivity index (χ0v) is 9.31. The number of likely N-dealkylation sites (N-methyl/N-ethyl adjacent to an activating group) is 1. The first-order valence-electron chi connectivity index (χ1n) is 4.58. The number of aryl methyl sites for hydroxylation is 1. The van der Waals surface area contributed by atoms with E-state index in [2.05, 4.69) is 10.1 Å². The fraction of sp³-hybridized carbons (Fsp3) is 0.667. The molecule has 1 rings (SSSR count). The minimum atomic E-state index is -0.950. The lowest BCUT2D eigenvalue weighted by Gasteiger charge is -2.30. The van der Waals surface area contributed by atoms with Gasteiger partial charge in [-0.25, -0.2) is 0 Å². The number of hydrogen-bond donors (Lipinski definition) is 1. The van der Waals surface area contributed by atoms with Crippen molar-refractivity contribution >= 4 is 5.97 Å². The lowest BCUT2D eigenvalue weighted by Crippen LogP contribution is -2.47. The lowest BCUT2D eigenvalue weighted by atomic mass is 10.0. The smallest absolute Gasteiger partial charge is 0.323 e. The van der Waals surface area contributed by atoms with Crippen LogP contribution in [0, 0.1) is 6.92 Å². The quantitative estimate of drug-likeness (QED) is 0.792. The molecular formula is C9H15N3O3. The van der Waals surface area contributed by atoms with E-state index in [1.807, 2.05) is 0 Å². The normalized spacial score (nSPS) is 12.1. The van der Waals surface area contributed by atoms with Gasteiger partial charge in [-0.1, -0.05) is 5.16 Å². The summed E-state index contributed by atoms with van der Waals surface area (Å²) in [6.45, 7) is 5.29. The van der Waals surface area contributed by atoms with E-state index in [0.29, 0.717) is 18.3 Å². The van der Waals surface area contributed by atoms with Gasteiger partial charge in [0.2, 0.25) is 5.89 Å². The second kappa shape index (κ2) is 3.98. The summed E-state index contributed by atoms with van der Waals surface area (Å²) < 4.78 is 4.80. The molecule has 0 spiro atoms. The SMILES string of the molecule is Cc1nc(CN(C)C(C)(C)C(=O)O)no1. The molecule has 0 aliphatic carbocycles. The third kappa shape index (κ3) is 2.53. The molecule has 1 aromatic heterocycles. The van der Waals surface area contributed by atoms with Gasteiger partial charge in [-0.05, 0) is 20.9 Å². The monoisotopic (exact) mass is 213 g/mol. The molecule has 84 valence electrons. The number of nitrogens with zero attached hydrogens (tertiary/aromatic N) is 3. The van der Waals surface area contributed by atoms with Crippen molar-refractivity contribution in [1.29, 1.82) is 0 Å². The zero-order chi connectivity index (χ0) is 11.6. The van der Waals surface area contributed by atoms with E-state index in [9.17, 15) is 4.79 Å². The summed E-state index contributed by atoms with van der Waals surface area (Å²) in [5.74, 6) is 0.0843. The Morgan fingerprint density at radius 3 is 2.60 bits per heavy atom. The van der Waals surface area contributed by atoms with Crippen molar-refractivity contribution in [3.63, 3.8) is 0 Å². The van der Waals surface area contributed by atoms with Gasteiger partial charge >= 0.3 is 5.97 Å². The van der Waals surface area contributed by atoms with Gasteiger partial charge < -0.3 is 9.63 Å². The molecule has 0 bridgehead atoms. The fourth-order valence-electron chi connectivity index (χ4n) is 0.979. The van der Waals surface area contributed by atoms with Crippen LogP contribution in [0.25, 0.3) is 0 Å². The minimum Gasteiger partial charge on any atom is -0.480 e. The Balaban J connectivity index is 2.71. The highest BCUT2D eigenvalue weighted by molar-refractivity contribution is 5.77. The molecule has 0 fully saturated rings. The molecule has 0 amide bonds. The molecule has 0 atom stereocenters. The van der Waals surface area contributed by atoms with Crippen LogP contribution in [0.2, 0.25) is 0 Å². The van der Waals surface area contributed by atoms with Crippen molar-refractivity contribution < 1.29 is 14.4 Å². The molecule has 0 aromatic carbocycles. The molecule has 0 radical (unpaired) electrons. The molecule has 0 saturated heterocycles. The zero-order valence-electron chi connectivity index (χ0n) is 9.31. The van der Waals surface area contributed by atoms with E-state index >= 15 is 0 Å². The summed E-state index contributed by atoms with van der Waals surface area (Å²) in [5.41, 5.74) is -0.950. The van der Waals surface area contributed by atoms with Crippen LogP contribution in [0.15, 0.2) is 4.52 Å². The highest BCUT2D eigenvalue weighted by atomic mass is 16.5. The number of rotatable bonds is 4. The molecule has 0 aliphatic rings. The third-order valence-corrected chi connectivity index (χ3v) is 2.43. The number of aromatic nitrogens is 2. The van der Waals surface area contributed by atoms with Crippen molar-refractivity contribution in [2.24, 2.45) is 0 Å². The maximum atomic E-state index is 11.0. The van der Waals surface area contributed by atoms with Crippen molar-refractivity contribution in [1.82, 2.24) is 15.0 Å². The van der Waals surface area contributed by atoms with Gasteiger partial charge in [0.05, 0.1) is 6.54 Å². The highest BCUT2D eigenvalue weighted by Gasteiger charge is 2.32. The van der Waals surface area contributed by atoms with Crippen molar-refractivity contribution in [2.75, 3.05) is 7.05 Å². The van der Waals surface area contributed by atoms with Gasteiger partial charge in [0.25, 0.3) is 0 Å². The van der Waals surface area contributed by atoms with Crippen LogP contribution in [-0.2, 0) is 11.3 Å². The van der Waals surface area contributed by atoms with Crippen molar-refractivity contribution in [3.8, 4) is 0 Å². The molecule has 15 heavy (non-hydrogen) atoms. The molecule has 1 heterocycles. The molecule has 1 aromatic rings. The Kier molecular flexibility index (Phi) is 3.09. The number of hydrogen-bond acceptors (Lipinski definition) is 5. The van der Waals surface area contributed by atoms with E-state index in [4.69, 9.17) is 9.63 Å². The maximum Gasteiger partial charge on any atom is 0.323 e. The predicted molar refractivity (Wildman–Crippen MR) is 52.2 cm³/mol. The van der Waals surface area contributed by atoms with E-state index in [1.54, 1.807) is 32.7 Å². The van der Waals surface area contributed by atoms with Crippen LogP contribution in [0.5, 0.6) is 0 Å². The second-order valence-corrected chi connectivity index (χ2v) is 3.95. The number of carbonyl (C=O) groups is 1. The molecule has 1 N–H and O–H groups in total. The Morgan fingerprint density at radius 1 is 1.60 bits per heavy atom. The van der Waals surface area contributed by atoms with E-state index in [1.165, 1.54) is 0 Å². The van der Waals surface area contributed by atoms with E-state index in [0.717, 1.165) is 0 Å². The Hall–Kier alpha value is -1.43. The van der Waals surface area contributed by atoms with Gasteiger partial charge in [-0.2, -0.15) is 4.98 Å². The Bertz CT molecular complexity index is 359. The van der Waals surface area contributed by atoms with Crippen LogP contribution >= 0.6 is 0 Å². The predicted octanol–water partition coefficient (Wildman–Crippen LogP) is 0.673. The van der Waals surface area contributed by atoms with Gasteiger partial charge in [0.15, 0.2) is 5.82 Å². The van der Waals surface area contributed by atoms with E-state index in [-0.39, 0.29) is 0 Å². The molecule has 6 nitrogen and oxygen atoms in total. The number of carboxylic acids is 1. The summed E-state index contributed by atoms with van der Waals surface area (Å²) in [5, 5.41) is 12.7. The first-order valence-corrected chi connectivity index (χ1v) is 4.58. The van der Waals surface area contributed by atoms with Gasteiger partial charge in [0, 0.05) is 6.92 Å². The van der Waals surface area contributed by atoms with Gasteiger partial charge in [-0.3, -0.25) is 9.69 Å². The van der Waals surface area contributed by atoms with Gasteiger partial charge in [-0.15, -0.1) is 0 Å². The Morgan fingerprint density at radius 2 is 2.20 bits per heavy atom. The summed E-state index contributed by atoms with van der Waals surface area (Å²) in [6, 6.07) is 0. The molecule has 0 unspecified atom stereocenters. The first-order chi connectivity index (χ1) is 6.84. The first kappa shape index (κ1) is 11.6. The average Bonchev–Trinajstić information content (AvgIpc) is 2.50. The van der Waals surface area contributed by atoms with Crippen molar-refractivity contribution in [3.05, 3.63) is 11.7 Å². The van der Waals surface area contributed by atoms with Crippen molar-refractivity contribution in [2.45, 2.75) is 32.9 Å². The molecule has 0 aliphatic heterocycles. The third-order valence-electron chi connectivity index (χ3n) is 2.43. The summed E-state index contributed by atoms with van der Waals surface area (Å²) in [7, 11) is 1.71. The summed E-state index contributed by atoms with van der Waals surface area (Å²) in [4.78, 5) is 16.6. The average molecular weight is 213 g/mol. The minimum absolute atomic E-state index is 0.344. The topological polar surface area (TPSA) is 79.5 Å². The van der Waals surface area contributed by atoms with Crippen LogP contribution in [0.3, 0.4) is 0 Å². The largest absolute Gasteiger partial charge is 0.480 e. The van der Waals surface area contributed by atoms with E-state index < -0.39 is 11.5 Å². The second-order valence-electron chi connectivity index (χ2n) is 3.95. The van der Waals surface area contributed by atoms with Crippen LogP contribution in [0.1, 0.15) is 25.6 Å². The fourth-order valence-corrected chi connectivity index (χ4v) is 0.979. The highest BCUT2D eigenvalue weighted by Crippen LogP contribution is 2.14. The molecule has 0 saturated carbocycles. The van der Waals surface area contributed by atoms with Crippen LogP contribution < -0.4 is 0 Å². The number of aliphatic carboxylic acids is 1. The standard InChI is InChI=1S/C9H15N3O3/c1-6-10-7(11-15-6)5-12(4)9(2,3)8(13)14/h5H2,1-4H3,(H,13,14). The Labute approximate surface area is 87.9 Å². The van der Waals surface area contributed by atoms with Crippen LogP contribution in [-0.4, -0.2) is 38.7 Å². The lowest BCUT2D eigenvalue weighted by molar-refractivity contribution is -0.148. The van der Waals surface area contributed by atoms with Crippen LogP contribution in [0.4, 0.5) is 0 Å². The maximum absolute atomic E-state index is 11.0. The summed E-state index contributed by atoms with van der Waals surface area (Å²) in [6.07, 6.45) is 0.